The van der Waals surface area contributed by atoms with Gasteiger partial charge in [0, 0.05) is 23.6 Å². The molecule has 4 rings (SSSR count). The minimum atomic E-state index is -0.739. The number of carbonyl (C=O) groups excluding carboxylic acids is 3. The van der Waals surface area contributed by atoms with Crippen LogP contribution in [0.5, 0.6) is 5.75 Å². The van der Waals surface area contributed by atoms with Crippen LogP contribution in [0.2, 0.25) is 5.02 Å². The molecule has 186 valence electrons. The van der Waals surface area contributed by atoms with Crippen LogP contribution in [-0.4, -0.2) is 34.9 Å². The molecule has 0 unspecified atom stereocenters. The Hall–Kier alpha value is -4.49. The second kappa shape index (κ2) is 11.5. The summed E-state index contributed by atoms with van der Waals surface area (Å²) < 4.78 is 4.82. The zero-order chi connectivity index (χ0) is 26.4. The zero-order valence-corrected chi connectivity index (χ0v) is 20.7. The summed E-state index contributed by atoms with van der Waals surface area (Å²) in [6.07, 6.45) is 3.71. The Morgan fingerprint density at radius 2 is 1.84 bits per heavy atom. The first-order valence-corrected chi connectivity index (χ1v) is 11.8. The molecule has 0 atom stereocenters. The number of nitrogens with zero attached hydrogens (tertiary/aromatic N) is 1. The molecule has 4 aromatic rings. The first-order valence-electron chi connectivity index (χ1n) is 11.4. The summed E-state index contributed by atoms with van der Waals surface area (Å²) in [7, 11) is 1.21. The average molecular weight is 515 g/mol. The highest BCUT2D eigenvalue weighted by Crippen LogP contribution is 2.21. The van der Waals surface area contributed by atoms with Gasteiger partial charge in [0.05, 0.1) is 23.2 Å². The predicted octanol–water partition coefficient (Wildman–Crippen LogP) is 5.35. The molecule has 0 aliphatic rings. The van der Waals surface area contributed by atoms with Crippen LogP contribution in [0, 0.1) is 0 Å². The van der Waals surface area contributed by atoms with Crippen molar-refractivity contribution in [3.05, 3.63) is 112 Å². The molecule has 1 aromatic heterocycles. The number of esters is 1. The Morgan fingerprint density at radius 3 is 2.59 bits per heavy atom. The molecule has 1 amide bonds. The van der Waals surface area contributed by atoms with Crippen molar-refractivity contribution in [3.8, 4) is 5.75 Å². The fourth-order valence-corrected chi connectivity index (χ4v) is 4.03. The number of Topliss-reactive ketones (excluding diaryl/α,β-unsaturated/α-hetero) is 1. The van der Waals surface area contributed by atoms with Gasteiger partial charge in [0.2, 0.25) is 0 Å². The highest BCUT2D eigenvalue weighted by Gasteiger charge is 2.19. The number of phenolic OH excluding ortho intramolecular Hbond substituents is 1. The number of fused-ring (bicyclic) bond motifs is 1. The average Bonchev–Trinajstić information content (AvgIpc) is 2.90. The fourth-order valence-electron chi connectivity index (χ4n) is 3.77. The van der Waals surface area contributed by atoms with E-state index in [9.17, 15) is 19.5 Å². The van der Waals surface area contributed by atoms with Crippen LogP contribution in [0.25, 0.3) is 17.0 Å². The summed E-state index contributed by atoms with van der Waals surface area (Å²) in [5, 5.41) is 13.1. The molecule has 0 aliphatic carbocycles. The molecule has 0 saturated carbocycles. The van der Waals surface area contributed by atoms with E-state index in [1.54, 1.807) is 24.4 Å². The molecule has 0 aliphatic heterocycles. The number of methoxy groups -OCH3 is 1. The SMILES string of the molecule is COC(=O)/C(=C/c1cnc2ccccc2c1)NC(=O)c1ccc(C(=O)CCc2cccc(O)c2)cc1Cl. The lowest BCUT2D eigenvalue weighted by atomic mass is 10.0. The number of aromatic hydroxyl groups is 1. The molecule has 0 radical (unpaired) electrons. The van der Waals surface area contributed by atoms with Crippen LogP contribution in [0.4, 0.5) is 0 Å². The lowest BCUT2D eigenvalue weighted by Gasteiger charge is -2.11. The molecule has 0 fully saturated rings. The van der Waals surface area contributed by atoms with Gasteiger partial charge in [0.1, 0.15) is 11.4 Å². The summed E-state index contributed by atoms with van der Waals surface area (Å²) in [5.74, 6) is -1.39. The van der Waals surface area contributed by atoms with Gasteiger partial charge in [-0.05, 0) is 60.0 Å². The van der Waals surface area contributed by atoms with E-state index < -0.39 is 11.9 Å². The number of carbonyl (C=O) groups is 3. The summed E-state index contributed by atoms with van der Waals surface area (Å²) in [5.41, 5.74) is 2.58. The van der Waals surface area contributed by atoms with Gasteiger partial charge in [0.25, 0.3) is 5.91 Å². The number of amides is 1. The molecule has 37 heavy (non-hydrogen) atoms. The van der Waals surface area contributed by atoms with Crippen LogP contribution < -0.4 is 5.32 Å². The van der Waals surface area contributed by atoms with E-state index in [1.807, 2.05) is 36.4 Å². The van der Waals surface area contributed by atoms with E-state index in [0.717, 1.165) is 16.5 Å². The van der Waals surface area contributed by atoms with Gasteiger partial charge in [-0.2, -0.15) is 0 Å². The highest BCUT2D eigenvalue weighted by molar-refractivity contribution is 6.34. The number of ketones is 1. The topological polar surface area (TPSA) is 106 Å². The molecular formula is C29H23ClN2O5. The molecule has 3 aromatic carbocycles. The third-order valence-corrected chi connectivity index (χ3v) is 5.98. The van der Waals surface area contributed by atoms with Crippen molar-refractivity contribution in [1.29, 1.82) is 0 Å². The quantitative estimate of drug-likeness (QED) is 0.186. The fraction of sp³-hybridized carbons (Fsp3) is 0.103. The summed E-state index contributed by atoms with van der Waals surface area (Å²) >= 11 is 6.34. The first kappa shape index (κ1) is 25.6. The Kier molecular flexibility index (Phi) is 7.95. The number of para-hydroxylation sites is 1. The smallest absolute Gasteiger partial charge is 0.354 e. The maximum Gasteiger partial charge on any atom is 0.354 e. The van der Waals surface area contributed by atoms with Crippen molar-refractivity contribution < 1.29 is 24.2 Å². The molecule has 0 bridgehead atoms. The van der Waals surface area contributed by atoms with Crippen molar-refractivity contribution in [2.75, 3.05) is 7.11 Å². The molecule has 8 heteroatoms. The van der Waals surface area contributed by atoms with Gasteiger partial charge in [-0.1, -0.05) is 48.0 Å². The summed E-state index contributed by atoms with van der Waals surface area (Å²) in [6.45, 7) is 0. The minimum Gasteiger partial charge on any atom is -0.508 e. The van der Waals surface area contributed by atoms with Gasteiger partial charge in [-0.3, -0.25) is 14.6 Å². The summed E-state index contributed by atoms with van der Waals surface area (Å²) in [4.78, 5) is 42.3. The minimum absolute atomic E-state index is 0.0669. The van der Waals surface area contributed by atoms with Crippen LogP contribution in [0.3, 0.4) is 0 Å². The van der Waals surface area contributed by atoms with Crippen molar-refractivity contribution in [1.82, 2.24) is 10.3 Å². The lowest BCUT2D eigenvalue weighted by Crippen LogP contribution is -2.28. The van der Waals surface area contributed by atoms with Gasteiger partial charge in [0.15, 0.2) is 5.78 Å². The van der Waals surface area contributed by atoms with Crippen LogP contribution in [0.15, 0.2) is 84.7 Å². The van der Waals surface area contributed by atoms with Gasteiger partial charge in [-0.25, -0.2) is 4.79 Å². The first-order chi connectivity index (χ1) is 17.8. The van der Waals surface area contributed by atoms with Crippen LogP contribution in [-0.2, 0) is 16.0 Å². The van der Waals surface area contributed by atoms with Crippen molar-refractivity contribution in [2.24, 2.45) is 0 Å². The number of nitrogens with one attached hydrogen (secondary N) is 1. The number of hydrogen-bond acceptors (Lipinski definition) is 6. The van der Waals surface area contributed by atoms with Gasteiger partial charge < -0.3 is 15.2 Å². The van der Waals surface area contributed by atoms with E-state index in [-0.39, 0.29) is 34.2 Å². The standard InChI is InChI=1S/C29H23ClN2O5/c1-37-29(36)26(15-19-13-20-6-2-3-8-25(20)31-17-19)32-28(35)23-11-10-21(16-24(23)30)27(34)12-9-18-5-4-7-22(33)14-18/h2-8,10-11,13-17,33H,9,12H2,1H3,(H,32,35)/b26-15-. The number of phenols is 1. The molecular weight excluding hydrogens is 492 g/mol. The molecule has 2 N–H and O–H groups in total. The second-order valence-corrected chi connectivity index (χ2v) is 8.66. The molecule has 7 nitrogen and oxygen atoms in total. The third kappa shape index (κ3) is 6.39. The zero-order valence-electron chi connectivity index (χ0n) is 19.9. The van der Waals surface area contributed by atoms with Gasteiger partial charge >= 0.3 is 5.97 Å². The lowest BCUT2D eigenvalue weighted by molar-refractivity contribution is -0.136. The van der Waals surface area contributed by atoms with Gasteiger partial charge in [-0.15, -0.1) is 0 Å². The Morgan fingerprint density at radius 1 is 1.03 bits per heavy atom. The second-order valence-electron chi connectivity index (χ2n) is 8.25. The molecule has 0 spiro atoms. The number of rotatable bonds is 8. The van der Waals surface area contributed by atoms with Crippen LogP contribution >= 0.6 is 11.6 Å². The van der Waals surface area contributed by atoms with E-state index in [0.29, 0.717) is 17.5 Å². The normalized spacial score (nSPS) is 11.2. The number of pyridine rings is 1. The monoisotopic (exact) mass is 514 g/mol. The van der Waals surface area contributed by atoms with E-state index in [4.69, 9.17) is 16.3 Å². The number of ether oxygens (including phenoxy) is 1. The summed E-state index contributed by atoms with van der Waals surface area (Å²) in [6, 6.07) is 20.4. The Balaban J connectivity index is 1.50. The number of aryl methyl sites for hydroxylation is 1. The predicted molar refractivity (Wildman–Crippen MR) is 141 cm³/mol. The van der Waals surface area contributed by atoms with Crippen molar-refractivity contribution >= 4 is 46.2 Å². The maximum atomic E-state index is 13.0. The van der Waals surface area contributed by atoms with Crippen LogP contribution in [0.1, 0.15) is 38.3 Å². The van der Waals surface area contributed by atoms with E-state index in [2.05, 4.69) is 10.3 Å². The number of aromatic nitrogens is 1. The third-order valence-electron chi connectivity index (χ3n) is 5.66. The van der Waals surface area contributed by atoms with Crippen molar-refractivity contribution in [3.63, 3.8) is 0 Å². The number of hydrogen-bond donors (Lipinski definition) is 2. The molecule has 0 saturated heterocycles. The highest BCUT2D eigenvalue weighted by atomic mass is 35.5. The maximum absolute atomic E-state index is 13.0. The van der Waals surface area contributed by atoms with Crippen molar-refractivity contribution in [2.45, 2.75) is 12.8 Å². The Labute approximate surface area is 218 Å². The largest absolute Gasteiger partial charge is 0.508 e. The number of benzene rings is 3. The van der Waals surface area contributed by atoms with E-state index in [1.165, 1.54) is 31.4 Å². The van der Waals surface area contributed by atoms with E-state index >= 15 is 0 Å². The number of halogens is 1. The molecule has 1 heterocycles. The Bertz CT molecular complexity index is 1530.